The summed E-state index contributed by atoms with van der Waals surface area (Å²) >= 11 is 3.49. The molecule has 0 aromatic heterocycles. The third kappa shape index (κ3) is 4.90. The number of carbonyl (C=O) groups is 1. The van der Waals surface area contributed by atoms with E-state index in [1.54, 1.807) is 18.2 Å². The molecular formula is C25H19BrF3NO3. The molecule has 33 heavy (non-hydrogen) atoms. The van der Waals surface area contributed by atoms with Crippen molar-refractivity contribution < 1.29 is 27.4 Å². The van der Waals surface area contributed by atoms with E-state index in [9.17, 15) is 18.0 Å². The molecule has 4 rings (SSSR count). The normalized spacial score (nSPS) is 14.2. The van der Waals surface area contributed by atoms with Gasteiger partial charge in [0.2, 0.25) is 0 Å². The van der Waals surface area contributed by atoms with E-state index in [-0.39, 0.29) is 11.3 Å². The Balaban J connectivity index is 1.63. The second-order valence-corrected chi connectivity index (χ2v) is 8.43. The molecule has 0 spiro atoms. The number of ether oxygens (including phenoxy) is 2. The molecule has 0 radical (unpaired) electrons. The molecule has 0 fully saturated rings. The summed E-state index contributed by atoms with van der Waals surface area (Å²) in [6, 6.07) is 14.6. The minimum atomic E-state index is -4.49. The van der Waals surface area contributed by atoms with Gasteiger partial charge in [-0.1, -0.05) is 35.9 Å². The van der Waals surface area contributed by atoms with Crippen molar-refractivity contribution >= 4 is 39.2 Å². The highest BCUT2D eigenvalue weighted by Gasteiger charge is 2.33. The number of hydrogen-bond donors (Lipinski definition) is 1. The number of halogens is 4. The quantitative estimate of drug-likeness (QED) is 0.376. The Hall–Kier alpha value is -3.26. The van der Waals surface area contributed by atoms with E-state index in [1.807, 2.05) is 31.2 Å². The summed E-state index contributed by atoms with van der Waals surface area (Å²) in [6.07, 6.45) is -2.88. The highest BCUT2D eigenvalue weighted by molar-refractivity contribution is 9.10. The van der Waals surface area contributed by atoms with Gasteiger partial charge in [-0.05, 0) is 64.3 Å². The lowest BCUT2D eigenvalue weighted by Gasteiger charge is -2.14. The first kappa shape index (κ1) is 22.9. The van der Waals surface area contributed by atoms with Crippen LogP contribution in [-0.4, -0.2) is 13.0 Å². The molecule has 3 aromatic rings. The Morgan fingerprint density at radius 1 is 1.06 bits per heavy atom. The maximum Gasteiger partial charge on any atom is 0.416 e. The minimum absolute atomic E-state index is 0.130. The van der Waals surface area contributed by atoms with Crippen molar-refractivity contribution in [3.63, 3.8) is 0 Å². The van der Waals surface area contributed by atoms with Gasteiger partial charge in [0.15, 0.2) is 11.5 Å². The number of alkyl halides is 3. The fraction of sp³-hybridized carbons (Fsp3) is 0.160. The average molecular weight is 518 g/mol. The summed E-state index contributed by atoms with van der Waals surface area (Å²) in [5, 5.41) is 2.50. The fourth-order valence-electron chi connectivity index (χ4n) is 3.48. The summed E-state index contributed by atoms with van der Waals surface area (Å²) in [6.45, 7) is 2.35. The summed E-state index contributed by atoms with van der Waals surface area (Å²) < 4.78 is 51.0. The van der Waals surface area contributed by atoms with Crippen LogP contribution >= 0.6 is 15.9 Å². The molecule has 1 heterocycles. The first-order chi connectivity index (χ1) is 15.7. The molecule has 0 saturated carbocycles. The van der Waals surface area contributed by atoms with Crippen LogP contribution in [0.3, 0.4) is 0 Å². The van der Waals surface area contributed by atoms with Crippen LogP contribution in [0.15, 0.2) is 59.1 Å². The Labute approximate surface area is 197 Å². The van der Waals surface area contributed by atoms with Gasteiger partial charge in [-0.15, -0.1) is 0 Å². The number of nitrogens with one attached hydrogen (secondary N) is 1. The van der Waals surface area contributed by atoms with E-state index in [4.69, 9.17) is 9.47 Å². The molecule has 170 valence electrons. The second kappa shape index (κ2) is 8.94. The SMILES string of the molecule is COc1cc(/C=C2\C(=O)Nc3cc(C(F)(F)F)ccc32)cc(Br)c1OCc1ccc(C)cc1. The minimum Gasteiger partial charge on any atom is -0.493 e. The number of fused-ring (bicyclic) bond motifs is 1. The van der Waals surface area contributed by atoms with Gasteiger partial charge in [-0.2, -0.15) is 13.2 Å². The van der Waals surface area contributed by atoms with Crippen molar-refractivity contribution in [1.82, 2.24) is 0 Å². The average Bonchev–Trinajstić information content (AvgIpc) is 3.07. The molecule has 1 N–H and O–H groups in total. The van der Waals surface area contributed by atoms with Gasteiger partial charge in [-0.3, -0.25) is 4.79 Å². The lowest BCUT2D eigenvalue weighted by atomic mass is 10.0. The zero-order chi connectivity index (χ0) is 23.8. The molecule has 0 atom stereocenters. The third-order valence-corrected chi connectivity index (χ3v) is 5.79. The number of aryl methyl sites for hydroxylation is 1. The van der Waals surface area contributed by atoms with Crippen molar-refractivity contribution in [2.75, 3.05) is 12.4 Å². The topological polar surface area (TPSA) is 47.6 Å². The number of hydrogen-bond acceptors (Lipinski definition) is 3. The van der Waals surface area contributed by atoms with E-state index in [2.05, 4.69) is 21.2 Å². The zero-order valence-corrected chi connectivity index (χ0v) is 19.3. The van der Waals surface area contributed by atoms with E-state index in [0.717, 1.165) is 23.3 Å². The summed E-state index contributed by atoms with van der Waals surface area (Å²) in [5.74, 6) is 0.486. The maximum atomic E-state index is 13.0. The fourth-order valence-corrected chi connectivity index (χ4v) is 4.06. The molecule has 3 aromatic carbocycles. The molecule has 1 aliphatic heterocycles. The van der Waals surface area contributed by atoms with Crippen molar-refractivity contribution in [2.24, 2.45) is 0 Å². The summed E-state index contributed by atoms with van der Waals surface area (Å²) in [4.78, 5) is 12.5. The monoisotopic (exact) mass is 517 g/mol. The largest absolute Gasteiger partial charge is 0.493 e. The molecule has 1 amide bonds. The number of benzene rings is 3. The molecular weight excluding hydrogens is 499 g/mol. The van der Waals surface area contributed by atoms with Crippen LogP contribution in [0.2, 0.25) is 0 Å². The Morgan fingerprint density at radius 3 is 2.45 bits per heavy atom. The number of anilines is 1. The van der Waals surface area contributed by atoms with Gasteiger partial charge >= 0.3 is 6.18 Å². The predicted molar refractivity (Wildman–Crippen MR) is 124 cm³/mol. The summed E-state index contributed by atoms with van der Waals surface area (Å²) in [5.41, 5.74) is 2.76. The van der Waals surface area contributed by atoms with Gasteiger partial charge < -0.3 is 14.8 Å². The Morgan fingerprint density at radius 2 is 1.79 bits per heavy atom. The van der Waals surface area contributed by atoms with Crippen LogP contribution in [0.5, 0.6) is 11.5 Å². The van der Waals surface area contributed by atoms with Gasteiger partial charge in [0.05, 0.1) is 17.1 Å². The molecule has 0 aliphatic carbocycles. The van der Waals surface area contributed by atoms with Gasteiger partial charge in [0.1, 0.15) is 6.61 Å². The number of carbonyl (C=O) groups excluding carboxylic acids is 1. The molecule has 0 saturated heterocycles. The van der Waals surface area contributed by atoms with Gasteiger partial charge in [-0.25, -0.2) is 0 Å². The molecule has 8 heteroatoms. The van der Waals surface area contributed by atoms with E-state index >= 15 is 0 Å². The van der Waals surface area contributed by atoms with Gasteiger partial charge in [0, 0.05) is 16.8 Å². The van der Waals surface area contributed by atoms with Crippen molar-refractivity contribution in [3.05, 3.63) is 86.9 Å². The van der Waals surface area contributed by atoms with Crippen molar-refractivity contribution in [1.29, 1.82) is 0 Å². The van der Waals surface area contributed by atoms with Crippen molar-refractivity contribution in [3.8, 4) is 11.5 Å². The molecule has 0 unspecified atom stereocenters. The molecule has 4 nitrogen and oxygen atoms in total. The smallest absolute Gasteiger partial charge is 0.416 e. The predicted octanol–water partition coefficient (Wildman–Crippen LogP) is 6.86. The van der Waals surface area contributed by atoms with Gasteiger partial charge in [0.25, 0.3) is 5.91 Å². The number of amides is 1. The Bertz CT molecular complexity index is 1250. The van der Waals surface area contributed by atoms with Crippen molar-refractivity contribution in [2.45, 2.75) is 19.7 Å². The first-order valence-corrected chi connectivity index (χ1v) is 10.8. The molecule has 0 bridgehead atoms. The Kier molecular flexibility index (Phi) is 6.21. The third-order valence-electron chi connectivity index (χ3n) is 5.20. The first-order valence-electron chi connectivity index (χ1n) is 9.96. The van der Waals surface area contributed by atoms with Crippen LogP contribution in [-0.2, 0) is 17.6 Å². The zero-order valence-electron chi connectivity index (χ0n) is 17.7. The van der Waals surface area contributed by atoms with E-state index in [1.165, 1.54) is 13.2 Å². The van der Waals surface area contributed by atoms with E-state index in [0.29, 0.717) is 33.7 Å². The number of rotatable bonds is 5. The molecule has 1 aliphatic rings. The maximum absolute atomic E-state index is 13.0. The second-order valence-electron chi connectivity index (χ2n) is 7.58. The van der Waals surface area contributed by atoms with Crippen LogP contribution in [0, 0.1) is 6.92 Å². The van der Waals surface area contributed by atoms with Crippen LogP contribution in [0.4, 0.5) is 18.9 Å². The van der Waals surface area contributed by atoms with Crippen LogP contribution in [0.25, 0.3) is 11.6 Å². The highest BCUT2D eigenvalue weighted by atomic mass is 79.9. The number of methoxy groups -OCH3 is 1. The highest BCUT2D eigenvalue weighted by Crippen LogP contribution is 2.41. The van der Waals surface area contributed by atoms with Crippen LogP contribution in [0.1, 0.15) is 27.8 Å². The lowest BCUT2D eigenvalue weighted by molar-refractivity contribution is -0.137. The van der Waals surface area contributed by atoms with E-state index < -0.39 is 17.6 Å². The van der Waals surface area contributed by atoms with Crippen LogP contribution < -0.4 is 14.8 Å². The standard InChI is InChI=1S/C25H19BrF3NO3/c1-14-3-5-15(6-4-14)13-33-23-20(26)10-16(11-22(23)32-2)9-19-18-8-7-17(25(27,28)29)12-21(18)30-24(19)31/h3-12H,13H2,1-2H3,(H,30,31)/b19-9-. The summed E-state index contributed by atoms with van der Waals surface area (Å²) in [7, 11) is 1.51. The lowest BCUT2D eigenvalue weighted by Crippen LogP contribution is -2.06.